The van der Waals surface area contributed by atoms with E-state index in [-0.39, 0.29) is 0 Å². The fourth-order valence-corrected chi connectivity index (χ4v) is 1.23. The van der Waals surface area contributed by atoms with E-state index in [1.165, 1.54) is 25.2 Å². The van der Waals surface area contributed by atoms with Crippen molar-refractivity contribution in [2.24, 2.45) is 0 Å². The van der Waals surface area contributed by atoms with E-state index in [1.807, 2.05) is 6.92 Å². The van der Waals surface area contributed by atoms with Crippen molar-refractivity contribution in [2.75, 3.05) is 5.32 Å². The Balaban J connectivity index is 2.65. The van der Waals surface area contributed by atoms with Crippen molar-refractivity contribution in [1.29, 1.82) is 0 Å². The van der Waals surface area contributed by atoms with E-state index in [9.17, 15) is 9.18 Å². The molecular weight excluding hydrogens is 191 g/mol. The number of aryl methyl sites for hydroxylation is 1. The van der Waals surface area contributed by atoms with Crippen LogP contribution in [-0.4, -0.2) is 16.6 Å². The van der Waals surface area contributed by atoms with Gasteiger partial charge in [-0.25, -0.2) is 9.37 Å². The molecule has 0 unspecified atom stereocenters. The number of aromatic nitrogens is 1. The highest BCUT2D eigenvalue weighted by molar-refractivity contribution is 7.09. The quantitative estimate of drug-likeness (QED) is 0.798. The van der Waals surface area contributed by atoms with Crippen LogP contribution in [0.3, 0.4) is 0 Å². The van der Waals surface area contributed by atoms with E-state index >= 15 is 0 Å². The molecule has 0 fully saturated rings. The molecule has 1 rings (SSSR count). The molecule has 0 radical (unpaired) electrons. The third-order valence-corrected chi connectivity index (χ3v) is 2.17. The first kappa shape index (κ1) is 10.1. The second-order valence-corrected chi connectivity index (χ2v) is 4.24. The summed E-state index contributed by atoms with van der Waals surface area (Å²) in [6.07, 6.45) is 0. The Labute approximate surface area is 80.0 Å². The van der Waals surface area contributed by atoms with Gasteiger partial charge in [0.05, 0.1) is 5.01 Å². The maximum atomic E-state index is 13.0. The van der Waals surface area contributed by atoms with Crippen molar-refractivity contribution >= 4 is 23.1 Å². The van der Waals surface area contributed by atoms with Gasteiger partial charge in [0.25, 0.3) is 5.91 Å². The van der Waals surface area contributed by atoms with Gasteiger partial charge in [0, 0.05) is 5.38 Å². The molecule has 0 aromatic carbocycles. The molecule has 1 aromatic heterocycles. The zero-order chi connectivity index (χ0) is 10.1. The molecule has 72 valence electrons. The van der Waals surface area contributed by atoms with Gasteiger partial charge in [0.1, 0.15) is 5.82 Å². The van der Waals surface area contributed by atoms with Crippen LogP contribution in [0.4, 0.5) is 10.2 Å². The van der Waals surface area contributed by atoms with Crippen LogP contribution in [0.25, 0.3) is 0 Å². The summed E-state index contributed by atoms with van der Waals surface area (Å²) in [6.45, 7) is 4.24. The molecule has 3 nitrogen and oxygen atoms in total. The van der Waals surface area contributed by atoms with Crippen LogP contribution in [-0.2, 0) is 4.79 Å². The maximum absolute atomic E-state index is 13.0. The summed E-state index contributed by atoms with van der Waals surface area (Å²) in [7, 11) is 0. The number of nitrogens with zero attached hydrogens (tertiary/aromatic N) is 1. The number of thiazole rings is 1. The topological polar surface area (TPSA) is 42.0 Å². The van der Waals surface area contributed by atoms with Crippen LogP contribution in [0.15, 0.2) is 5.38 Å². The van der Waals surface area contributed by atoms with Crippen molar-refractivity contribution in [3.63, 3.8) is 0 Å². The Morgan fingerprint density at radius 3 is 2.69 bits per heavy atom. The monoisotopic (exact) mass is 202 g/mol. The molecule has 0 atom stereocenters. The number of nitrogens with one attached hydrogen (secondary N) is 1. The fourth-order valence-electron chi connectivity index (χ4n) is 0.686. The molecular formula is C8H11FN2OS. The normalized spacial score (nSPS) is 11.4. The average Bonchev–Trinajstić information content (AvgIpc) is 2.33. The molecule has 0 spiro atoms. The van der Waals surface area contributed by atoms with Gasteiger partial charge in [-0.2, -0.15) is 0 Å². The lowest BCUT2D eigenvalue weighted by Crippen LogP contribution is -2.32. The van der Waals surface area contributed by atoms with Crippen molar-refractivity contribution < 1.29 is 9.18 Å². The minimum atomic E-state index is -1.86. The first-order chi connectivity index (χ1) is 5.89. The Hall–Kier alpha value is -0.970. The lowest BCUT2D eigenvalue weighted by molar-refractivity contribution is -0.125. The number of amides is 1. The average molecular weight is 202 g/mol. The Morgan fingerprint density at radius 1 is 1.69 bits per heavy atom. The summed E-state index contributed by atoms with van der Waals surface area (Å²) < 4.78 is 13.0. The van der Waals surface area contributed by atoms with Crippen LogP contribution in [0, 0.1) is 6.92 Å². The van der Waals surface area contributed by atoms with E-state index in [2.05, 4.69) is 10.3 Å². The van der Waals surface area contributed by atoms with Crippen molar-refractivity contribution in [3.8, 4) is 0 Å². The highest BCUT2D eigenvalue weighted by Crippen LogP contribution is 2.16. The number of hydrogen-bond donors (Lipinski definition) is 1. The van der Waals surface area contributed by atoms with E-state index in [1.54, 1.807) is 5.38 Å². The molecule has 1 heterocycles. The van der Waals surface area contributed by atoms with E-state index < -0.39 is 11.6 Å². The third kappa shape index (κ3) is 2.77. The van der Waals surface area contributed by atoms with Crippen LogP contribution >= 0.6 is 11.3 Å². The summed E-state index contributed by atoms with van der Waals surface area (Å²) in [5.41, 5.74) is -1.86. The number of hydrogen-bond acceptors (Lipinski definition) is 3. The zero-order valence-electron chi connectivity index (χ0n) is 7.72. The van der Waals surface area contributed by atoms with Crippen molar-refractivity contribution in [1.82, 2.24) is 4.98 Å². The molecule has 5 heteroatoms. The number of carbonyl (C=O) groups excluding carboxylic acids is 1. The summed E-state index contributed by atoms with van der Waals surface area (Å²) in [5.74, 6) is -0.254. The highest BCUT2D eigenvalue weighted by Gasteiger charge is 2.26. The van der Waals surface area contributed by atoms with Gasteiger partial charge in [-0.1, -0.05) is 0 Å². The molecule has 0 bridgehead atoms. The van der Waals surface area contributed by atoms with Gasteiger partial charge < -0.3 is 5.32 Å². The molecule has 0 saturated carbocycles. The van der Waals surface area contributed by atoms with Crippen molar-refractivity contribution in [3.05, 3.63) is 10.4 Å². The lowest BCUT2D eigenvalue weighted by atomic mass is 10.1. The maximum Gasteiger partial charge on any atom is 0.262 e. The smallest absolute Gasteiger partial charge is 0.262 e. The van der Waals surface area contributed by atoms with Crippen molar-refractivity contribution in [2.45, 2.75) is 26.4 Å². The van der Waals surface area contributed by atoms with E-state index in [4.69, 9.17) is 0 Å². The number of halogens is 1. The first-order valence-electron chi connectivity index (χ1n) is 3.82. The predicted molar refractivity (Wildman–Crippen MR) is 50.7 cm³/mol. The van der Waals surface area contributed by atoms with E-state index in [0.717, 1.165) is 5.01 Å². The zero-order valence-corrected chi connectivity index (χ0v) is 8.54. The molecule has 13 heavy (non-hydrogen) atoms. The molecule has 0 aliphatic carbocycles. The van der Waals surface area contributed by atoms with Crippen LogP contribution in [0.1, 0.15) is 18.9 Å². The third-order valence-electron chi connectivity index (χ3n) is 1.40. The first-order valence-corrected chi connectivity index (χ1v) is 4.70. The molecule has 0 aliphatic heterocycles. The molecule has 1 N–H and O–H groups in total. The molecule has 1 amide bonds. The van der Waals surface area contributed by atoms with Crippen LogP contribution < -0.4 is 5.32 Å². The SMILES string of the molecule is Cc1nc(NC(=O)C(C)(C)F)cs1. The molecule has 0 saturated heterocycles. The Kier molecular flexibility index (Phi) is 2.66. The minimum Gasteiger partial charge on any atom is -0.307 e. The number of carbonyl (C=O) groups is 1. The summed E-state index contributed by atoms with van der Waals surface area (Å²) >= 11 is 1.41. The highest BCUT2D eigenvalue weighted by atomic mass is 32.1. The second kappa shape index (κ2) is 3.41. The molecule has 0 aliphatic rings. The van der Waals surface area contributed by atoms with Crippen LogP contribution in [0.5, 0.6) is 0 Å². The van der Waals surface area contributed by atoms with Gasteiger partial charge >= 0.3 is 0 Å². The largest absolute Gasteiger partial charge is 0.307 e. The number of rotatable bonds is 2. The summed E-state index contributed by atoms with van der Waals surface area (Å²) in [6, 6.07) is 0. The number of alkyl halides is 1. The minimum absolute atomic E-state index is 0.415. The number of anilines is 1. The van der Waals surface area contributed by atoms with Gasteiger partial charge in [-0.05, 0) is 20.8 Å². The fraction of sp³-hybridized carbons (Fsp3) is 0.500. The van der Waals surface area contributed by atoms with Gasteiger partial charge in [0.2, 0.25) is 0 Å². The second-order valence-electron chi connectivity index (χ2n) is 3.18. The van der Waals surface area contributed by atoms with Gasteiger partial charge in [0.15, 0.2) is 5.67 Å². The lowest BCUT2D eigenvalue weighted by Gasteiger charge is -2.11. The molecule has 1 aromatic rings. The Morgan fingerprint density at radius 2 is 2.31 bits per heavy atom. The Bertz CT molecular complexity index is 316. The van der Waals surface area contributed by atoms with Gasteiger partial charge in [-0.15, -0.1) is 11.3 Å². The summed E-state index contributed by atoms with van der Waals surface area (Å²) in [5, 5.41) is 4.91. The van der Waals surface area contributed by atoms with E-state index in [0.29, 0.717) is 5.82 Å². The standard InChI is InChI=1S/C8H11FN2OS/c1-5-10-6(4-13-5)11-7(12)8(2,3)9/h4H,1-3H3,(H,11,12). The summed E-state index contributed by atoms with van der Waals surface area (Å²) in [4.78, 5) is 15.1. The van der Waals surface area contributed by atoms with Crippen LogP contribution in [0.2, 0.25) is 0 Å². The van der Waals surface area contributed by atoms with Gasteiger partial charge in [-0.3, -0.25) is 4.79 Å². The predicted octanol–water partition coefficient (Wildman–Crippen LogP) is 2.14.